The molecule has 1 amide bonds. The largest absolute Gasteiger partial charge is 0.496 e. The van der Waals surface area contributed by atoms with Crippen molar-refractivity contribution in [2.75, 3.05) is 38.2 Å². The number of carbonyl (C=O) groups excluding carboxylic acids is 1. The molecule has 1 aromatic heterocycles. The number of benzene rings is 1. The van der Waals surface area contributed by atoms with Crippen molar-refractivity contribution in [3.05, 3.63) is 52.7 Å². The second kappa shape index (κ2) is 8.39. The highest BCUT2D eigenvalue weighted by Crippen LogP contribution is 2.25. The van der Waals surface area contributed by atoms with Crippen LogP contribution >= 0.6 is 0 Å². The molecule has 144 valence electrons. The van der Waals surface area contributed by atoms with Crippen molar-refractivity contribution in [3.8, 4) is 5.75 Å². The number of nitrogens with zero attached hydrogens (tertiary/aromatic N) is 3. The molecule has 1 aliphatic heterocycles. The molecule has 6 nitrogen and oxygen atoms in total. The highest BCUT2D eigenvalue weighted by Gasteiger charge is 2.18. The van der Waals surface area contributed by atoms with Gasteiger partial charge in [0, 0.05) is 32.7 Å². The van der Waals surface area contributed by atoms with Crippen LogP contribution in [0.2, 0.25) is 0 Å². The fourth-order valence-corrected chi connectivity index (χ4v) is 3.58. The molecule has 2 N–H and O–H groups in total. The van der Waals surface area contributed by atoms with Crippen LogP contribution in [0.25, 0.3) is 0 Å². The first-order valence-corrected chi connectivity index (χ1v) is 9.37. The molecule has 3 rings (SSSR count). The monoisotopic (exact) mass is 368 g/mol. The Kier molecular flexibility index (Phi) is 5.96. The van der Waals surface area contributed by atoms with E-state index in [1.807, 2.05) is 12.1 Å². The fraction of sp³-hybridized carbons (Fsp3) is 0.429. The third kappa shape index (κ3) is 4.39. The Bertz CT molecular complexity index is 822. The Morgan fingerprint density at radius 3 is 2.67 bits per heavy atom. The molecule has 0 aliphatic carbocycles. The number of ether oxygens (including phenoxy) is 1. The molecule has 2 heterocycles. The maximum absolute atomic E-state index is 11.4. The van der Waals surface area contributed by atoms with Gasteiger partial charge < -0.3 is 15.4 Å². The third-order valence-corrected chi connectivity index (χ3v) is 5.36. The van der Waals surface area contributed by atoms with Gasteiger partial charge in [0.25, 0.3) is 5.91 Å². The average molecular weight is 368 g/mol. The smallest absolute Gasteiger partial charge is 0.267 e. The van der Waals surface area contributed by atoms with Gasteiger partial charge in [0.2, 0.25) is 0 Å². The Morgan fingerprint density at radius 1 is 1.11 bits per heavy atom. The van der Waals surface area contributed by atoms with Crippen molar-refractivity contribution >= 4 is 11.7 Å². The first kappa shape index (κ1) is 19.2. The van der Waals surface area contributed by atoms with Gasteiger partial charge in [-0.15, -0.1) is 0 Å². The Hall–Kier alpha value is -2.60. The van der Waals surface area contributed by atoms with E-state index >= 15 is 0 Å². The standard InChI is InChI=1S/C21H28N4O2/c1-15-16(2)19(27-3)9-8-17(15)14-24-10-5-11-25(13-12-24)20-7-4-6-18(23-20)21(22)26/h4,6-9H,5,10-14H2,1-3H3,(H2,22,26). The second-order valence-corrected chi connectivity index (χ2v) is 7.04. The van der Waals surface area contributed by atoms with Crippen LogP contribution in [-0.4, -0.2) is 49.1 Å². The van der Waals surface area contributed by atoms with E-state index in [9.17, 15) is 4.79 Å². The lowest BCUT2D eigenvalue weighted by Gasteiger charge is -2.24. The first-order valence-electron chi connectivity index (χ1n) is 9.37. The van der Waals surface area contributed by atoms with Gasteiger partial charge in [0.1, 0.15) is 17.3 Å². The van der Waals surface area contributed by atoms with Gasteiger partial charge in [-0.25, -0.2) is 4.98 Å². The Labute approximate surface area is 160 Å². The van der Waals surface area contributed by atoms with E-state index in [4.69, 9.17) is 10.5 Å². The summed E-state index contributed by atoms with van der Waals surface area (Å²) in [5.74, 6) is 1.28. The highest BCUT2D eigenvalue weighted by atomic mass is 16.5. The summed E-state index contributed by atoms with van der Waals surface area (Å²) < 4.78 is 5.42. The van der Waals surface area contributed by atoms with Gasteiger partial charge >= 0.3 is 0 Å². The van der Waals surface area contributed by atoms with Crippen LogP contribution in [0.5, 0.6) is 5.75 Å². The predicted octanol–water partition coefficient (Wildman–Crippen LogP) is 2.52. The minimum absolute atomic E-state index is 0.318. The third-order valence-electron chi connectivity index (χ3n) is 5.36. The van der Waals surface area contributed by atoms with Crippen LogP contribution in [0.3, 0.4) is 0 Å². The van der Waals surface area contributed by atoms with E-state index in [1.54, 1.807) is 13.2 Å². The molecule has 0 atom stereocenters. The van der Waals surface area contributed by atoms with Gasteiger partial charge in [-0.2, -0.15) is 0 Å². The van der Waals surface area contributed by atoms with Crippen LogP contribution in [0.4, 0.5) is 5.82 Å². The molecule has 0 saturated carbocycles. The molecule has 6 heteroatoms. The van der Waals surface area contributed by atoms with Crippen LogP contribution in [0.15, 0.2) is 30.3 Å². The summed E-state index contributed by atoms with van der Waals surface area (Å²) in [6, 6.07) is 9.67. The average Bonchev–Trinajstić information content (AvgIpc) is 2.91. The van der Waals surface area contributed by atoms with Crippen LogP contribution < -0.4 is 15.4 Å². The maximum Gasteiger partial charge on any atom is 0.267 e. The number of hydrogen-bond acceptors (Lipinski definition) is 5. The summed E-state index contributed by atoms with van der Waals surface area (Å²) >= 11 is 0. The van der Waals surface area contributed by atoms with Crippen molar-refractivity contribution < 1.29 is 9.53 Å². The SMILES string of the molecule is COc1ccc(CN2CCCN(c3cccc(C(N)=O)n3)CC2)c(C)c1C. The Morgan fingerprint density at radius 2 is 1.93 bits per heavy atom. The molecule has 1 saturated heterocycles. The Balaban J connectivity index is 1.68. The zero-order valence-electron chi connectivity index (χ0n) is 16.4. The molecular formula is C21H28N4O2. The molecule has 1 fully saturated rings. The molecule has 0 radical (unpaired) electrons. The topological polar surface area (TPSA) is 71.7 Å². The molecule has 0 bridgehead atoms. The number of carbonyl (C=O) groups is 1. The van der Waals surface area contributed by atoms with Crippen molar-refractivity contribution in [2.45, 2.75) is 26.8 Å². The highest BCUT2D eigenvalue weighted by molar-refractivity contribution is 5.91. The molecule has 2 aromatic rings. The van der Waals surface area contributed by atoms with Crippen molar-refractivity contribution in [3.63, 3.8) is 0 Å². The summed E-state index contributed by atoms with van der Waals surface area (Å²) in [7, 11) is 1.71. The van der Waals surface area contributed by atoms with E-state index < -0.39 is 5.91 Å². The lowest BCUT2D eigenvalue weighted by molar-refractivity contribution is 0.0995. The zero-order chi connectivity index (χ0) is 19.4. The molecular weight excluding hydrogens is 340 g/mol. The predicted molar refractivity (Wildman–Crippen MR) is 107 cm³/mol. The summed E-state index contributed by atoms with van der Waals surface area (Å²) in [6.45, 7) is 8.99. The molecule has 0 unspecified atom stereocenters. The molecule has 1 aromatic carbocycles. The number of primary amides is 1. The maximum atomic E-state index is 11.4. The quantitative estimate of drug-likeness (QED) is 0.878. The van der Waals surface area contributed by atoms with Crippen molar-refractivity contribution in [1.82, 2.24) is 9.88 Å². The fourth-order valence-electron chi connectivity index (χ4n) is 3.58. The summed E-state index contributed by atoms with van der Waals surface area (Å²) in [5.41, 5.74) is 9.53. The van der Waals surface area contributed by atoms with Gasteiger partial charge in [-0.3, -0.25) is 9.69 Å². The van der Waals surface area contributed by atoms with E-state index in [-0.39, 0.29) is 0 Å². The number of anilines is 1. The van der Waals surface area contributed by atoms with E-state index in [2.05, 4.69) is 40.8 Å². The number of rotatable bonds is 5. The van der Waals surface area contributed by atoms with Gasteiger partial charge in [-0.05, 0) is 55.2 Å². The number of nitrogens with two attached hydrogens (primary N) is 1. The van der Waals surface area contributed by atoms with Crippen LogP contribution in [0, 0.1) is 13.8 Å². The van der Waals surface area contributed by atoms with E-state index in [1.165, 1.54) is 16.7 Å². The van der Waals surface area contributed by atoms with E-state index in [0.717, 1.165) is 50.7 Å². The molecule has 0 spiro atoms. The summed E-state index contributed by atoms with van der Waals surface area (Å²) in [6.07, 6.45) is 1.05. The normalized spacial score (nSPS) is 15.4. The van der Waals surface area contributed by atoms with Crippen LogP contribution in [-0.2, 0) is 6.54 Å². The summed E-state index contributed by atoms with van der Waals surface area (Å²) in [4.78, 5) is 20.5. The minimum Gasteiger partial charge on any atom is -0.496 e. The minimum atomic E-state index is -0.487. The lowest BCUT2D eigenvalue weighted by atomic mass is 10.0. The number of amides is 1. The van der Waals surface area contributed by atoms with Gasteiger partial charge in [0.15, 0.2) is 0 Å². The molecule has 1 aliphatic rings. The molecule has 27 heavy (non-hydrogen) atoms. The van der Waals surface area contributed by atoms with Crippen molar-refractivity contribution in [1.29, 1.82) is 0 Å². The summed E-state index contributed by atoms with van der Waals surface area (Å²) in [5, 5.41) is 0. The second-order valence-electron chi connectivity index (χ2n) is 7.04. The van der Waals surface area contributed by atoms with Crippen molar-refractivity contribution in [2.24, 2.45) is 5.73 Å². The zero-order valence-corrected chi connectivity index (χ0v) is 16.4. The van der Waals surface area contributed by atoms with Crippen LogP contribution in [0.1, 0.15) is 33.6 Å². The van der Waals surface area contributed by atoms with Gasteiger partial charge in [-0.1, -0.05) is 12.1 Å². The first-order chi connectivity index (χ1) is 13.0. The number of methoxy groups -OCH3 is 1. The number of hydrogen-bond donors (Lipinski definition) is 1. The lowest BCUT2D eigenvalue weighted by Crippen LogP contribution is -2.31. The van der Waals surface area contributed by atoms with Gasteiger partial charge in [0.05, 0.1) is 7.11 Å². The number of aromatic nitrogens is 1. The van der Waals surface area contributed by atoms with E-state index in [0.29, 0.717) is 5.69 Å². The number of pyridine rings is 1.